The van der Waals surface area contributed by atoms with Crippen LogP contribution in [-0.4, -0.2) is 26.2 Å². The molecule has 0 radical (unpaired) electrons. The Bertz CT molecular complexity index is 724. The van der Waals surface area contributed by atoms with Gasteiger partial charge in [0.1, 0.15) is 11.3 Å². The standard InChI is InChI=1S/C14H15N3O4/c1-2-3-8-7-12(19)17-14(15-8)16-9-4-5-10(13(20)21)11(18)6-9/h4-7,18H,2-3H2,1H3,(H,20,21)(H2,15,16,17,19). The summed E-state index contributed by atoms with van der Waals surface area (Å²) in [5, 5.41) is 21.3. The number of nitrogens with zero attached hydrogens (tertiary/aromatic N) is 1. The van der Waals surface area contributed by atoms with Gasteiger partial charge >= 0.3 is 5.97 Å². The first-order valence-corrected chi connectivity index (χ1v) is 6.43. The molecule has 0 saturated heterocycles. The molecule has 0 aliphatic heterocycles. The number of carboxylic acid groups (broad SMARTS) is 1. The molecular weight excluding hydrogens is 274 g/mol. The van der Waals surface area contributed by atoms with Crippen molar-refractivity contribution in [3.63, 3.8) is 0 Å². The van der Waals surface area contributed by atoms with E-state index < -0.39 is 5.97 Å². The number of hydrogen-bond acceptors (Lipinski definition) is 5. The molecule has 2 rings (SSSR count). The average Bonchev–Trinajstić information content (AvgIpc) is 2.37. The third kappa shape index (κ3) is 3.59. The Balaban J connectivity index is 2.28. The van der Waals surface area contributed by atoms with Gasteiger partial charge in [-0.2, -0.15) is 0 Å². The second-order valence-corrected chi connectivity index (χ2v) is 4.50. The number of benzene rings is 1. The minimum Gasteiger partial charge on any atom is -0.507 e. The number of anilines is 2. The molecule has 0 aliphatic carbocycles. The number of carbonyl (C=O) groups is 1. The quantitative estimate of drug-likeness (QED) is 0.668. The van der Waals surface area contributed by atoms with E-state index in [1.54, 1.807) is 0 Å². The van der Waals surface area contributed by atoms with Gasteiger partial charge in [-0.3, -0.25) is 9.78 Å². The molecule has 1 aromatic carbocycles. The fraction of sp³-hybridized carbons (Fsp3) is 0.214. The Morgan fingerprint density at radius 3 is 2.76 bits per heavy atom. The monoisotopic (exact) mass is 289 g/mol. The molecule has 0 bridgehead atoms. The number of rotatable bonds is 5. The minimum absolute atomic E-state index is 0.193. The zero-order valence-electron chi connectivity index (χ0n) is 11.4. The van der Waals surface area contributed by atoms with Crippen LogP contribution in [0.5, 0.6) is 5.75 Å². The van der Waals surface area contributed by atoms with Gasteiger partial charge in [-0.1, -0.05) is 13.3 Å². The second kappa shape index (κ2) is 6.08. The summed E-state index contributed by atoms with van der Waals surface area (Å²) in [6.45, 7) is 1.98. The molecule has 0 unspecified atom stereocenters. The second-order valence-electron chi connectivity index (χ2n) is 4.50. The lowest BCUT2D eigenvalue weighted by Crippen LogP contribution is -2.12. The fourth-order valence-corrected chi connectivity index (χ4v) is 1.88. The predicted octanol–water partition coefficient (Wildman–Crippen LogP) is 1.87. The van der Waals surface area contributed by atoms with E-state index in [1.807, 2.05) is 6.92 Å². The molecule has 0 amide bonds. The van der Waals surface area contributed by atoms with Crippen LogP contribution in [-0.2, 0) is 6.42 Å². The smallest absolute Gasteiger partial charge is 0.339 e. The molecule has 0 fully saturated rings. The first-order chi connectivity index (χ1) is 9.99. The normalized spacial score (nSPS) is 10.3. The Morgan fingerprint density at radius 1 is 1.38 bits per heavy atom. The van der Waals surface area contributed by atoms with Gasteiger partial charge in [-0.15, -0.1) is 0 Å². The number of aromatic nitrogens is 2. The number of nitrogens with one attached hydrogen (secondary N) is 2. The third-order valence-corrected chi connectivity index (χ3v) is 2.79. The number of aromatic hydroxyl groups is 1. The van der Waals surface area contributed by atoms with Gasteiger partial charge < -0.3 is 15.5 Å². The number of phenols is 1. The predicted molar refractivity (Wildman–Crippen MR) is 77.2 cm³/mol. The molecule has 0 saturated carbocycles. The van der Waals surface area contributed by atoms with Gasteiger partial charge in [-0.05, 0) is 18.6 Å². The zero-order valence-corrected chi connectivity index (χ0v) is 11.4. The van der Waals surface area contributed by atoms with E-state index in [1.165, 1.54) is 24.3 Å². The third-order valence-electron chi connectivity index (χ3n) is 2.79. The summed E-state index contributed by atoms with van der Waals surface area (Å²) in [5.41, 5.74) is 0.619. The summed E-state index contributed by atoms with van der Waals surface area (Å²) in [5.74, 6) is -1.33. The van der Waals surface area contributed by atoms with E-state index in [0.717, 1.165) is 6.42 Å². The SMILES string of the molecule is CCCc1cc(=O)[nH]c(Nc2ccc(C(=O)O)c(O)c2)n1. The molecule has 0 aliphatic rings. The van der Waals surface area contributed by atoms with Crippen LogP contribution in [0.3, 0.4) is 0 Å². The Hall–Kier alpha value is -2.83. The summed E-state index contributed by atoms with van der Waals surface area (Å²) < 4.78 is 0. The van der Waals surface area contributed by atoms with Crippen molar-refractivity contribution in [3.05, 3.63) is 45.9 Å². The van der Waals surface area contributed by atoms with Gasteiger partial charge in [0.2, 0.25) is 5.95 Å². The maximum Gasteiger partial charge on any atom is 0.339 e. The van der Waals surface area contributed by atoms with Crippen molar-refractivity contribution in [2.24, 2.45) is 0 Å². The number of hydrogen-bond donors (Lipinski definition) is 4. The first-order valence-electron chi connectivity index (χ1n) is 6.43. The molecule has 4 N–H and O–H groups in total. The number of aromatic amines is 1. The minimum atomic E-state index is -1.21. The van der Waals surface area contributed by atoms with Crippen molar-refractivity contribution in [1.82, 2.24) is 9.97 Å². The summed E-state index contributed by atoms with van der Waals surface area (Å²) in [6, 6.07) is 5.44. The van der Waals surface area contributed by atoms with Crippen molar-refractivity contribution in [3.8, 4) is 5.75 Å². The molecule has 0 spiro atoms. The van der Waals surface area contributed by atoms with Crippen LogP contribution in [0.1, 0.15) is 29.4 Å². The highest BCUT2D eigenvalue weighted by atomic mass is 16.4. The number of aromatic carboxylic acids is 1. The Labute approximate surface area is 120 Å². The topological polar surface area (TPSA) is 115 Å². The first kappa shape index (κ1) is 14.6. The van der Waals surface area contributed by atoms with Crippen LogP contribution in [0, 0.1) is 0 Å². The fourth-order valence-electron chi connectivity index (χ4n) is 1.88. The molecule has 1 heterocycles. The van der Waals surface area contributed by atoms with Crippen molar-refractivity contribution in [2.75, 3.05) is 5.32 Å². The Morgan fingerprint density at radius 2 is 2.14 bits per heavy atom. The van der Waals surface area contributed by atoms with E-state index in [0.29, 0.717) is 17.8 Å². The van der Waals surface area contributed by atoms with Crippen LogP contribution >= 0.6 is 0 Å². The number of aryl methyl sites for hydroxylation is 1. The van der Waals surface area contributed by atoms with E-state index >= 15 is 0 Å². The van der Waals surface area contributed by atoms with Crippen LogP contribution < -0.4 is 10.9 Å². The lowest BCUT2D eigenvalue weighted by molar-refractivity contribution is 0.0694. The summed E-state index contributed by atoms with van der Waals surface area (Å²) in [7, 11) is 0. The molecule has 110 valence electrons. The van der Waals surface area contributed by atoms with Crippen LogP contribution in [0.25, 0.3) is 0 Å². The number of carboxylic acids is 1. The highest BCUT2D eigenvalue weighted by Gasteiger charge is 2.10. The summed E-state index contributed by atoms with van der Waals surface area (Å²) in [6.07, 6.45) is 1.55. The van der Waals surface area contributed by atoms with E-state index in [9.17, 15) is 14.7 Å². The van der Waals surface area contributed by atoms with Crippen molar-refractivity contribution in [1.29, 1.82) is 0 Å². The largest absolute Gasteiger partial charge is 0.507 e. The van der Waals surface area contributed by atoms with Crippen LogP contribution in [0.15, 0.2) is 29.1 Å². The lowest BCUT2D eigenvalue weighted by Gasteiger charge is -2.08. The van der Waals surface area contributed by atoms with E-state index in [2.05, 4.69) is 15.3 Å². The summed E-state index contributed by atoms with van der Waals surface area (Å²) >= 11 is 0. The highest BCUT2D eigenvalue weighted by molar-refractivity contribution is 5.91. The highest BCUT2D eigenvalue weighted by Crippen LogP contribution is 2.23. The zero-order chi connectivity index (χ0) is 15.4. The lowest BCUT2D eigenvalue weighted by atomic mass is 10.2. The number of H-pyrrole nitrogens is 1. The van der Waals surface area contributed by atoms with Gasteiger partial charge in [0, 0.05) is 23.5 Å². The molecule has 0 atom stereocenters. The maximum atomic E-state index is 11.5. The average molecular weight is 289 g/mol. The summed E-state index contributed by atoms with van der Waals surface area (Å²) in [4.78, 5) is 29.1. The maximum absolute atomic E-state index is 11.5. The van der Waals surface area contributed by atoms with Crippen molar-refractivity contribution < 1.29 is 15.0 Å². The molecule has 7 nitrogen and oxygen atoms in total. The van der Waals surface area contributed by atoms with Crippen molar-refractivity contribution in [2.45, 2.75) is 19.8 Å². The Kier molecular flexibility index (Phi) is 4.22. The molecular formula is C14H15N3O4. The van der Waals surface area contributed by atoms with Crippen LogP contribution in [0.4, 0.5) is 11.6 Å². The van der Waals surface area contributed by atoms with Crippen LogP contribution in [0.2, 0.25) is 0 Å². The molecule has 2 aromatic rings. The molecule has 1 aromatic heterocycles. The van der Waals surface area contributed by atoms with E-state index in [-0.39, 0.29) is 22.8 Å². The van der Waals surface area contributed by atoms with Gasteiger partial charge in [0.05, 0.1) is 0 Å². The van der Waals surface area contributed by atoms with Gasteiger partial charge in [0.15, 0.2) is 0 Å². The van der Waals surface area contributed by atoms with Crippen molar-refractivity contribution >= 4 is 17.6 Å². The van der Waals surface area contributed by atoms with Gasteiger partial charge in [-0.25, -0.2) is 9.78 Å². The van der Waals surface area contributed by atoms with Gasteiger partial charge in [0.25, 0.3) is 5.56 Å². The molecule has 21 heavy (non-hydrogen) atoms. The van der Waals surface area contributed by atoms with E-state index in [4.69, 9.17) is 5.11 Å². The molecule has 7 heteroatoms.